The van der Waals surface area contributed by atoms with E-state index in [1.807, 2.05) is 0 Å². The summed E-state index contributed by atoms with van der Waals surface area (Å²) in [6, 6.07) is 1.75. The monoisotopic (exact) mass is 304 g/mol. The minimum absolute atomic E-state index is 0.0522. The molecule has 0 aliphatic carbocycles. The minimum Gasteiger partial charge on any atom is -0.472 e. The van der Waals surface area contributed by atoms with E-state index < -0.39 is 17.2 Å². The predicted molar refractivity (Wildman–Crippen MR) is 82.3 cm³/mol. The third-order valence-electron chi connectivity index (χ3n) is 3.13. The highest BCUT2D eigenvalue weighted by atomic mass is 16.3. The van der Waals surface area contributed by atoms with Crippen molar-refractivity contribution in [3.63, 3.8) is 0 Å². The maximum Gasteiger partial charge on any atom is 0.332 e. The summed E-state index contributed by atoms with van der Waals surface area (Å²) in [5.41, 5.74) is 5.23. The molecule has 116 valence electrons. The highest BCUT2D eigenvalue weighted by Gasteiger charge is 2.14. The van der Waals surface area contributed by atoms with Crippen LogP contribution in [-0.4, -0.2) is 15.0 Å². The Labute approximate surface area is 125 Å². The fourth-order valence-electron chi connectivity index (χ4n) is 1.84. The third-order valence-corrected chi connectivity index (χ3v) is 3.13. The van der Waals surface area contributed by atoms with E-state index in [2.05, 4.69) is 5.32 Å². The van der Waals surface area contributed by atoms with E-state index in [9.17, 15) is 14.4 Å². The lowest BCUT2D eigenvalue weighted by Gasteiger charge is -2.11. The molecular formula is C14H16N4O4. The first-order valence-electron chi connectivity index (χ1n) is 6.46. The number of aromatic nitrogens is 2. The summed E-state index contributed by atoms with van der Waals surface area (Å²) >= 11 is 0. The van der Waals surface area contributed by atoms with Crippen LogP contribution in [0.3, 0.4) is 0 Å². The second kappa shape index (κ2) is 6.17. The zero-order valence-corrected chi connectivity index (χ0v) is 12.2. The van der Waals surface area contributed by atoms with Crippen LogP contribution in [0.25, 0.3) is 6.08 Å². The van der Waals surface area contributed by atoms with E-state index in [0.717, 1.165) is 14.7 Å². The van der Waals surface area contributed by atoms with Gasteiger partial charge in [-0.2, -0.15) is 0 Å². The molecule has 0 bridgehead atoms. The van der Waals surface area contributed by atoms with Crippen molar-refractivity contribution in [3.05, 3.63) is 51.1 Å². The molecule has 0 aliphatic rings. The number of nitrogens with zero attached hydrogens (tertiary/aromatic N) is 2. The molecule has 0 saturated carbocycles. The number of carbonyl (C=O) groups is 1. The first kappa shape index (κ1) is 15.4. The first-order chi connectivity index (χ1) is 10.4. The molecule has 8 heteroatoms. The summed E-state index contributed by atoms with van der Waals surface area (Å²) in [6.07, 6.45) is 6.45. The molecule has 0 radical (unpaired) electrons. The first-order valence-corrected chi connectivity index (χ1v) is 6.46. The van der Waals surface area contributed by atoms with Crippen molar-refractivity contribution in [2.24, 2.45) is 14.1 Å². The number of carbonyl (C=O) groups excluding carboxylic acids is 1. The topological polar surface area (TPSA) is 112 Å². The van der Waals surface area contributed by atoms with Gasteiger partial charge in [0, 0.05) is 26.1 Å². The Morgan fingerprint density at radius 1 is 1.36 bits per heavy atom. The minimum atomic E-state index is -0.646. The zero-order chi connectivity index (χ0) is 16.3. The molecule has 8 nitrogen and oxygen atoms in total. The van der Waals surface area contributed by atoms with Gasteiger partial charge in [0.25, 0.3) is 5.56 Å². The Bertz CT molecular complexity index is 828. The van der Waals surface area contributed by atoms with Gasteiger partial charge in [-0.1, -0.05) is 12.2 Å². The van der Waals surface area contributed by atoms with Crippen LogP contribution >= 0.6 is 0 Å². The SMILES string of the molecule is Cn1c(N)c(NC(=O)C/C=C/c2ccoc2)c(=O)n(C)c1=O. The molecule has 0 unspecified atom stereocenters. The second-order valence-electron chi connectivity index (χ2n) is 4.68. The van der Waals surface area contributed by atoms with Crippen LogP contribution in [0.5, 0.6) is 0 Å². The van der Waals surface area contributed by atoms with Crippen LogP contribution in [0.2, 0.25) is 0 Å². The maximum atomic E-state index is 12.0. The van der Waals surface area contributed by atoms with Gasteiger partial charge >= 0.3 is 5.69 Å². The number of nitrogens with two attached hydrogens (primary N) is 1. The number of nitrogens with one attached hydrogen (secondary N) is 1. The van der Waals surface area contributed by atoms with E-state index >= 15 is 0 Å². The van der Waals surface area contributed by atoms with Crippen molar-refractivity contribution < 1.29 is 9.21 Å². The van der Waals surface area contributed by atoms with Crippen LogP contribution in [0, 0.1) is 0 Å². The Morgan fingerprint density at radius 2 is 2.09 bits per heavy atom. The van der Waals surface area contributed by atoms with Crippen molar-refractivity contribution in [2.75, 3.05) is 11.1 Å². The smallest absolute Gasteiger partial charge is 0.332 e. The molecule has 1 amide bonds. The van der Waals surface area contributed by atoms with Crippen molar-refractivity contribution in [2.45, 2.75) is 6.42 Å². The summed E-state index contributed by atoms with van der Waals surface area (Å²) in [7, 11) is 2.74. The summed E-state index contributed by atoms with van der Waals surface area (Å²) < 4.78 is 6.87. The Balaban J connectivity index is 2.16. The fraction of sp³-hybridized carbons (Fsp3) is 0.214. The number of hydrogen-bond acceptors (Lipinski definition) is 5. The zero-order valence-electron chi connectivity index (χ0n) is 12.2. The van der Waals surface area contributed by atoms with Crippen LogP contribution in [0.4, 0.5) is 11.5 Å². The number of hydrogen-bond donors (Lipinski definition) is 2. The molecule has 3 N–H and O–H groups in total. The molecular weight excluding hydrogens is 288 g/mol. The molecule has 2 aromatic heterocycles. The molecule has 0 aromatic carbocycles. The van der Waals surface area contributed by atoms with E-state index in [-0.39, 0.29) is 17.9 Å². The molecule has 0 saturated heterocycles. The summed E-state index contributed by atoms with van der Waals surface area (Å²) in [4.78, 5) is 35.5. The van der Waals surface area contributed by atoms with Gasteiger partial charge in [-0.15, -0.1) is 0 Å². The Hall–Kier alpha value is -3.03. The quantitative estimate of drug-likeness (QED) is 0.843. The van der Waals surface area contributed by atoms with Gasteiger partial charge < -0.3 is 15.5 Å². The summed E-state index contributed by atoms with van der Waals surface area (Å²) in [6.45, 7) is 0. The van der Waals surface area contributed by atoms with Gasteiger partial charge in [0.15, 0.2) is 0 Å². The lowest BCUT2D eigenvalue weighted by Crippen LogP contribution is -2.40. The summed E-state index contributed by atoms with van der Waals surface area (Å²) in [5.74, 6) is -0.498. The van der Waals surface area contributed by atoms with E-state index in [1.54, 1.807) is 18.2 Å². The van der Waals surface area contributed by atoms with Crippen molar-refractivity contribution in [1.82, 2.24) is 9.13 Å². The van der Waals surface area contributed by atoms with Crippen LogP contribution in [0.1, 0.15) is 12.0 Å². The highest BCUT2D eigenvalue weighted by Crippen LogP contribution is 2.10. The van der Waals surface area contributed by atoms with Crippen molar-refractivity contribution >= 4 is 23.5 Å². The third kappa shape index (κ3) is 3.00. The molecule has 2 heterocycles. The number of nitrogen functional groups attached to an aromatic ring is 1. The molecule has 22 heavy (non-hydrogen) atoms. The lowest BCUT2D eigenvalue weighted by molar-refractivity contribution is -0.115. The highest BCUT2D eigenvalue weighted by molar-refractivity contribution is 5.94. The molecule has 2 rings (SSSR count). The van der Waals surface area contributed by atoms with Gasteiger partial charge in [-0.3, -0.25) is 18.7 Å². The van der Waals surface area contributed by atoms with Crippen LogP contribution in [0.15, 0.2) is 38.7 Å². The number of furan rings is 1. The average molecular weight is 304 g/mol. The Morgan fingerprint density at radius 3 is 2.73 bits per heavy atom. The van der Waals surface area contributed by atoms with Crippen molar-refractivity contribution in [1.29, 1.82) is 0 Å². The standard InChI is InChI=1S/C14H16N4O4/c1-17-12(15)11(13(20)18(2)14(17)21)16-10(19)5-3-4-9-6-7-22-8-9/h3-4,6-8H,5,15H2,1-2H3,(H,16,19)/b4-3+. The van der Waals surface area contributed by atoms with E-state index in [1.165, 1.54) is 26.6 Å². The van der Waals surface area contributed by atoms with Gasteiger partial charge in [0.1, 0.15) is 11.5 Å². The predicted octanol–water partition coefficient (Wildman–Crippen LogP) is 0.301. The van der Waals surface area contributed by atoms with Gasteiger partial charge in [0.2, 0.25) is 5.91 Å². The van der Waals surface area contributed by atoms with Crippen LogP contribution in [-0.2, 0) is 18.9 Å². The van der Waals surface area contributed by atoms with Gasteiger partial charge in [-0.25, -0.2) is 4.79 Å². The molecule has 0 atom stereocenters. The molecule has 2 aromatic rings. The molecule has 0 fully saturated rings. The fourth-order valence-corrected chi connectivity index (χ4v) is 1.84. The van der Waals surface area contributed by atoms with Gasteiger partial charge in [-0.05, 0) is 6.07 Å². The number of amides is 1. The van der Waals surface area contributed by atoms with Crippen LogP contribution < -0.4 is 22.3 Å². The summed E-state index contributed by atoms with van der Waals surface area (Å²) in [5, 5.41) is 2.44. The number of rotatable bonds is 4. The van der Waals surface area contributed by atoms with E-state index in [4.69, 9.17) is 10.2 Å². The molecule has 0 aliphatic heterocycles. The normalized spacial score (nSPS) is 11.0. The molecule has 0 spiro atoms. The lowest BCUT2D eigenvalue weighted by atomic mass is 10.2. The largest absolute Gasteiger partial charge is 0.472 e. The second-order valence-corrected chi connectivity index (χ2v) is 4.68. The van der Waals surface area contributed by atoms with Crippen molar-refractivity contribution in [3.8, 4) is 0 Å². The maximum absolute atomic E-state index is 12.0. The average Bonchev–Trinajstić information content (AvgIpc) is 3.01. The Kier molecular flexibility index (Phi) is 4.31. The number of anilines is 2. The van der Waals surface area contributed by atoms with Gasteiger partial charge in [0.05, 0.1) is 12.5 Å². The van der Waals surface area contributed by atoms with E-state index in [0.29, 0.717) is 0 Å².